The Kier molecular flexibility index (Phi) is 6.59. The molecule has 0 aliphatic heterocycles. The van der Waals surface area contributed by atoms with Crippen molar-refractivity contribution in [2.24, 2.45) is 0 Å². The summed E-state index contributed by atoms with van der Waals surface area (Å²) in [7, 11) is 0. The van der Waals surface area contributed by atoms with Crippen molar-refractivity contribution in [3.63, 3.8) is 0 Å². The maximum absolute atomic E-state index is 12.3. The summed E-state index contributed by atoms with van der Waals surface area (Å²) in [6.07, 6.45) is 0.184. The highest BCUT2D eigenvalue weighted by Crippen LogP contribution is 2.23. The number of benzene rings is 2. The molecule has 0 heterocycles. The molecule has 0 fully saturated rings. The van der Waals surface area contributed by atoms with Gasteiger partial charge in [0.25, 0.3) is 0 Å². The SMILES string of the molecule is Cc1cc(C)c(NC(=O)NCC(CC(C)O)c2ccccc2)c(C)c1. The molecule has 0 aliphatic carbocycles. The monoisotopic (exact) mass is 340 g/mol. The Hall–Kier alpha value is -2.33. The number of carbonyl (C=O) groups is 1. The fraction of sp³-hybridized carbons (Fsp3) is 0.381. The van der Waals surface area contributed by atoms with Crippen LogP contribution in [-0.4, -0.2) is 23.8 Å². The fourth-order valence-corrected chi connectivity index (χ4v) is 3.23. The van der Waals surface area contributed by atoms with Crippen molar-refractivity contribution in [2.75, 3.05) is 11.9 Å². The number of hydrogen-bond acceptors (Lipinski definition) is 2. The minimum absolute atomic E-state index is 0.0761. The van der Waals surface area contributed by atoms with Gasteiger partial charge in [-0.1, -0.05) is 48.0 Å². The Balaban J connectivity index is 2.02. The summed E-state index contributed by atoms with van der Waals surface area (Å²) in [5.41, 5.74) is 5.26. The molecular weight excluding hydrogens is 312 g/mol. The van der Waals surface area contributed by atoms with Crippen LogP contribution in [0.25, 0.3) is 0 Å². The van der Waals surface area contributed by atoms with E-state index in [1.54, 1.807) is 6.92 Å². The van der Waals surface area contributed by atoms with E-state index in [1.165, 1.54) is 5.56 Å². The molecule has 2 aromatic rings. The molecule has 2 rings (SSSR count). The molecule has 0 aromatic heterocycles. The number of aliphatic hydroxyl groups excluding tert-OH is 1. The van der Waals surface area contributed by atoms with Crippen LogP contribution in [-0.2, 0) is 0 Å². The Bertz CT molecular complexity index is 688. The van der Waals surface area contributed by atoms with E-state index in [0.717, 1.165) is 22.4 Å². The second-order valence-corrected chi connectivity index (χ2v) is 6.80. The Labute approximate surface area is 150 Å². The number of urea groups is 1. The number of carbonyl (C=O) groups excluding carboxylic acids is 1. The predicted octanol–water partition coefficient (Wildman–Crippen LogP) is 4.29. The lowest BCUT2D eigenvalue weighted by Gasteiger charge is -2.20. The van der Waals surface area contributed by atoms with Crippen LogP contribution in [0.15, 0.2) is 42.5 Å². The quantitative estimate of drug-likeness (QED) is 0.735. The van der Waals surface area contributed by atoms with Gasteiger partial charge in [-0.2, -0.15) is 0 Å². The van der Waals surface area contributed by atoms with Gasteiger partial charge < -0.3 is 15.7 Å². The molecule has 0 saturated heterocycles. The van der Waals surface area contributed by atoms with Crippen molar-refractivity contribution >= 4 is 11.7 Å². The zero-order valence-corrected chi connectivity index (χ0v) is 15.5. The smallest absolute Gasteiger partial charge is 0.319 e. The first-order chi connectivity index (χ1) is 11.9. The molecule has 0 spiro atoms. The van der Waals surface area contributed by atoms with E-state index in [1.807, 2.05) is 51.1 Å². The number of aryl methyl sites for hydroxylation is 3. The Morgan fingerprint density at radius 3 is 2.24 bits per heavy atom. The van der Waals surface area contributed by atoms with Crippen molar-refractivity contribution in [3.8, 4) is 0 Å². The highest BCUT2D eigenvalue weighted by Gasteiger charge is 2.16. The van der Waals surface area contributed by atoms with E-state index in [0.29, 0.717) is 13.0 Å². The molecule has 0 bridgehead atoms. The third-order valence-electron chi connectivity index (χ3n) is 4.32. The van der Waals surface area contributed by atoms with Gasteiger partial charge in [-0.05, 0) is 50.8 Å². The summed E-state index contributed by atoms with van der Waals surface area (Å²) in [4.78, 5) is 12.3. The number of amides is 2. The van der Waals surface area contributed by atoms with E-state index >= 15 is 0 Å². The number of hydrogen-bond donors (Lipinski definition) is 3. The summed E-state index contributed by atoms with van der Waals surface area (Å²) in [5.74, 6) is 0.0761. The summed E-state index contributed by atoms with van der Waals surface area (Å²) >= 11 is 0. The molecule has 134 valence electrons. The fourth-order valence-electron chi connectivity index (χ4n) is 3.23. The summed E-state index contributed by atoms with van der Waals surface area (Å²) in [6, 6.07) is 13.9. The van der Waals surface area contributed by atoms with Gasteiger partial charge in [-0.15, -0.1) is 0 Å². The first kappa shape index (κ1) is 19.0. The highest BCUT2D eigenvalue weighted by atomic mass is 16.3. The second kappa shape index (κ2) is 8.67. The molecular formula is C21H28N2O2. The third-order valence-corrected chi connectivity index (χ3v) is 4.32. The molecule has 3 N–H and O–H groups in total. The standard InChI is InChI=1S/C21H28N2O2/c1-14-10-15(2)20(16(3)11-14)23-21(25)22-13-19(12-17(4)24)18-8-6-5-7-9-18/h5-11,17,19,24H,12-13H2,1-4H3,(H2,22,23,25). The van der Waals surface area contributed by atoms with Gasteiger partial charge in [0.2, 0.25) is 0 Å². The minimum atomic E-state index is -0.420. The topological polar surface area (TPSA) is 61.4 Å². The molecule has 0 aliphatic rings. The van der Waals surface area contributed by atoms with Gasteiger partial charge in [0.1, 0.15) is 0 Å². The van der Waals surface area contributed by atoms with Gasteiger partial charge >= 0.3 is 6.03 Å². The molecule has 2 unspecified atom stereocenters. The van der Waals surface area contributed by atoms with Gasteiger partial charge in [0.15, 0.2) is 0 Å². The normalized spacial score (nSPS) is 13.2. The highest BCUT2D eigenvalue weighted by molar-refractivity contribution is 5.91. The molecule has 0 saturated carbocycles. The van der Waals surface area contributed by atoms with Crippen LogP contribution < -0.4 is 10.6 Å². The zero-order chi connectivity index (χ0) is 18.4. The van der Waals surface area contributed by atoms with E-state index in [-0.39, 0.29) is 11.9 Å². The number of aliphatic hydroxyl groups is 1. The summed E-state index contributed by atoms with van der Waals surface area (Å²) < 4.78 is 0. The number of anilines is 1. The van der Waals surface area contributed by atoms with Crippen molar-refractivity contribution in [3.05, 3.63) is 64.7 Å². The maximum Gasteiger partial charge on any atom is 0.319 e. The predicted molar refractivity (Wildman–Crippen MR) is 103 cm³/mol. The average Bonchev–Trinajstić information content (AvgIpc) is 2.55. The lowest BCUT2D eigenvalue weighted by atomic mass is 9.93. The maximum atomic E-state index is 12.3. The van der Waals surface area contributed by atoms with Gasteiger partial charge in [0, 0.05) is 18.2 Å². The summed E-state index contributed by atoms with van der Waals surface area (Å²) in [6.45, 7) is 8.29. The Morgan fingerprint density at radius 2 is 1.68 bits per heavy atom. The number of nitrogens with one attached hydrogen (secondary N) is 2. The zero-order valence-electron chi connectivity index (χ0n) is 15.5. The van der Waals surface area contributed by atoms with Crippen LogP contribution >= 0.6 is 0 Å². The van der Waals surface area contributed by atoms with E-state index in [2.05, 4.69) is 22.8 Å². The van der Waals surface area contributed by atoms with Crippen LogP contribution in [0.5, 0.6) is 0 Å². The molecule has 4 heteroatoms. The minimum Gasteiger partial charge on any atom is -0.393 e. The van der Waals surface area contributed by atoms with Crippen LogP contribution in [0, 0.1) is 20.8 Å². The second-order valence-electron chi connectivity index (χ2n) is 6.80. The van der Waals surface area contributed by atoms with Crippen LogP contribution in [0.1, 0.15) is 41.5 Å². The van der Waals surface area contributed by atoms with E-state index in [4.69, 9.17) is 0 Å². The van der Waals surface area contributed by atoms with Crippen molar-refractivity contribution in [2.45, 2.75) is 46.1 Å². The largest absolute Gasteiger partial charge is 0.393 e. The third kappa shape index (κ3) is 5.61. The van der Waals surface area contributed by atoms with Crippen LogP contribution in [0.2, 0.25) is 0 Å². The average molecular weight is 340 g/mol. The molecule has 0 radical (unpaired) electrons. The van der Waals surface area contributed by atoms with Crippen molar-refractivity contribution in [1.29, 1.82) is 0 Å². The molecule has 2 atom stereocenters. The van der Waals surface area contributed by atoms with E-state index in [9.17, 15) is 9.90 Å². The lowest BCUT2D eigenvalue weighted by molar-refractivity contribution is 0.173. The van der Waals surface area contributed by atoms with Gasteiger partial charge in [-0.25, -0.2) is 4.79 Å². The summed E-state index contributed by atoms with van der Waals surface area (Å²) in [5, 5.41) is 15.7. The van der Waals surface area contributed by atoms with Crippen LogP contribution in [0.3, 0.4) is 0 Å². The first-order valence-electron chi connectivity index (χ1n) is 8.72. The molecule has 2 aromatic carbocycles. The Morgan fingerprint density at radius 1 is 1.08 bits per heavy atom. The molecule has 2 amide bonds. The van der Waals surface area contributed by atoms with Crippen molar-refractivity contribution < 1.29 is 9.90 Å². The molecule has 4 nitrogen and oxygen atoms in total. The number of rotatable bonds is 6. The van der Waals surface area contributed by atoms with E-state index < -0.39 is 6.10 Å². The van der Waals surface area contributed by atoms with Gasteiger partial charge in [-0.3, -0.25) is 0 Å². The van der Waals surface area contributed by atoms with Crippen molar-refractivity contribution in [1.82, 2.24) is 5.32 Å². The molecule has 25 heavy (non-hydrogen) atoms. The van der Waals surface area contributed by atoms with Crippen LogP contribution in [0.4, 0.5) is 10.5 Å². The van der Waals surface area contributed by atoms with Gasteiger partial charge in [0.05, 0.1) is 6.10 Å². The lowest BCUT2D eigenvalue weighted by Crippen LogP contribution is -2.33. The first-order valence-corrected chi connectivity index (χ1v) is 8.72.